The van der Waals surface area contributed by atoms with Crippen molar-refractivity contribution >= 4 is 42.4 Å². The normalized spacial score (nSPS) is 11.5. The molecule has 0 unspecified atom stereocenters. The van der Waals surface area contributed by atoms with Gasteiger partial charge in [0.1, 0.15) is 0 Å². The van der Waals surface area contributed by atoms with E-state index in [4.69, 9.17) is 0 Å². The molecule has 0 atom stereocenters. The van der Waals surface area contributed by atoms with Crippen molar-refractivity contribution in [2.24, 2.45) is 0 Å². The lowest BCUT2D eigenvalue weighted by Crippen LogP contribution is -2.27. The maximum atomic E-state index is 13.0. The number of rotatable bonds is 3. The van der Waals surface area contributed by atoms with Gasteiger partial charge >= 0.3 is 0 Å². The van der Waals surface area contributed by atoms with Gasteiger partial charge in [0, 0.05) is 16.9 Å². The molecule has 112 valence electrons. The highest BCUT2D eigenvalue weighted by molar-refractivity contribution is 9.10. The first-order chi connectivity index (χ1) is 10.5. The summed E-state index contributed by atoms with van der Waals surface area (Å²) in [7, 11) is -2.07. The van der Waals surface area contributed by atoms with Gasteiger partial charge < -0.3 is 0 Å². The summed E-state index contributed by atoms with van der Waals surface area (Å²) in [5.41, 5.74) is 0.607. The van der Waals surface area contributed by atoms with Crippen LogP contribution in [-0.4, -0.2) is 15.5 Å². The van der Waals surface area contributed by atoms with Gasteiger partial charge in [-0.1, -0.05) is 48.5 Å². The molecule has 0 fully saturated rings. The van der Waals surface area contributed by atoms with Crippen molar-refractivity contribution in [3.05, 3.63) is 71.2 Å². The molecule has 0 spiro atoms. The molecular weight excluding hydrogens is 362 g/mol. The first-order valence-corrected chi connectivity index (χ1v) is 8.96. The Morgan fingerprint density at radius 2 is 1.50 bits per heavy atom. The fourth-order valence-corrected chi connectivity index (χ4v) is 4.50. The number of para-hydroxylation sites is 1. The van der Waals surface area contributed by atoms with Crippen molar-refractivity contribution in [1.29, 1.82) is 0 Å². The minimum absolute atomic E-state index is 0.309. The van der Waals surface area contributed by atoms with Crippen molar-refractivity contribution in [2.45, 2.75) is 4.90 Å². The third kappa shape index (κ3) is 2.51. The van der Waals surface area contributed by atoms with Gasteiger partial charge in [-0.15, -0.1) is 0 Å². The predicted octanol–water partition coefficient (Wildman–Crippen LogP) is 4.43. The zero-order valence-electron chi connectivity index (χ0n) is 11.9. The molecule has 0 saturated carbocycles. The topological polar surface area (TPSA) is 37.4 Å². The summed E-state index contributed by atoms with van der Waals surface area (Å²) in [4.78, 5) is 0.309. The van der Waals surface area contributed by atoms with Gasteiger partial charge in [-0.25, -0.2) is 8.42 Å². The van der Waals surface area contributed by atoms with E-state index in [1.54, 1.807) is 25.2 Å². The highest BCUT2D eigenvalue weighted by Gasteiger charge is 2.24. The lowest BCUT2D eigenvalue weighted by atomic mass is 10.1. The van der Waals surface area contributed by atoms with E-state index >= 15 is 0 Å². The average Bonchev–Trinajstić information content (AvgIpc) is 2.54. The van der Waals surface area contributed by atoms with Gasteiger partial charge in [0.2, 0.25) is 0 Å². The number of nitrogens with zero attached hydrogens (tertiary/aromatic N) is 1. The Morgan fingerprint density at radius 1 is 0.864 bits per heavy atom. The van der Waals surface area contributed by atoms with Crippen LogP contribution in [0.2, 0.25) is 0 Å². The van der Waals surface area contributed by atoms with Gasteiger partial charge in [-0.3, -0.25) is 4.31 Å². The van der Waals surface area contributed by atoms with Crippen LogP contribution < -0.4 is 4.31 Å². The SMILES string of the molecule is CN(c1ccccc1Br)S(=O)(=O)c1cccc2ccccc12. The lowest BCUT2D eigenvalue weighted by Gasteiger charge is -2.21. The monoisotopic (exact) mass is 375 g/mol. The summed E-state index contributed by atoms with van der Waals surface area (Å²) in [6.45, 7) is 0. The quantitative estimate of drug-likeness (QED) is 0.678. The molecule has 0 saturated heterocycles. The number of benzene rings is 3. The second-order valence-corrected chi connectivity index (χ2v) is 7.69. The van der Waals surface area contributed by atoms with Crippen LogP contribution in [0.25, 0.3) is 10.8 Å². The number of hydrogen-bond donors (Lipinski definition) is 0. The lowest BCUT2D eigenvalue weighted by molar-refractivity contribution is 0.595. The largest absolute Gasteiger partial charge is 0.268 e. The summed E-state index contributed by atoms with van der Waals surface area (Å²) in [6.07, 6.45) is 0. The van der Waals surface area contributed by atoms with Crippen LogP contribution >= 0.6 is 15.9 Å². The Balaban J connectivity index is 2.19. The number of sulfonamides is 1. The molecule has 0 aromatic heterocycles. The molecule has 0 amide bonds. The number of anilines is 1. The molecule has 0 aliphatic carbocycles. The van der Waals surface area contributed by atoms with E-state index in [1.165, 1.54) is 4.31 Å². The Bertz CT molecular complexity index is 933. The molecule has 3 rings (SSSR count). The first kappa shape index (κ1) is 15.1. The molecule has 22 heavy (non-hydrogen) atoms. The summed E-state index contributed by atoms with van der Waals surface area (Å²) >= 11 is 3.41. The fourth-order valence-electron chi connectivity index (χ4n) is 2.40. The molecule has 0 N–H and O–H groups in total. The summed E-state index contributed by atoms with van der Waals surface area (Å²) in [6, 6.07) is 20.1. The zero-order chi connectivity index (χ0) is 15.7. The van der Waals surface area contributed by atoms with Gasteiger partial charge in [-0.2, -0.15) is 0 Å². The minimum atomic E-state index is -3.64. The van der Waals surface area contributed by atoms with E-state index in [0.717, 1.165) is 15.2 Å². The van der Waals surface area contributed by atoms with E-state index in [2.05, 4.69) is 15.9 Å². The molecule has 3 aromatic carbocycles. The standard InChI is InChI=1S/C17H14BrNO2S/c1-19(16-11-5-4-10-15(16)18)22(20,21)17-12-6-8-13-7-2-3-9-14(13)17/h2-12H,1H3. The van der Waals surface area contributed by atoms with Crippen molar-refractivity contribution in [3.8, 4) is 0 Å². The second kappa shape index (κ2) is 5.74. The average molecular weight is 376 g/mol. The molecule has 0 bridgehead atoms. The van der Waals surface area contributed by atoms with E-state index in [9.17, 15) is 8.42 Å². The highest BCUT2D eigenvalue weighted by Crippen LogP contribution is 2.31. The molecule has 5 heteroatoms. The summed E-state index contributed by atoms with van der Waals surface area (Å²) in [5.74, 6) is 0. The Labute approximate surface area is 138 Å². The van der Waals surface area contributed by atoms with E-state index in [-0.39, 0.29) is 0 Å². The van der Waals surface area contributed by atoms with E-state index < -0.39 is 10.0 Å². The van der Waals surface area contributed by atoms with Crippen LogP contribution in [0, 0.1) is 0 Å². The maximum absolute atomic E-state index is 13.0. The number of hydrogen-bond acceptors (Lipinski definition) is 2. The third-order valence-electron chi connectivity index (χ3n) is 3.58. The van der Waals surface area contributed by atoms with Crippen molar-refractivity contribution in [3.63, 3.8) is 0 Å². The van der Waals surface area contributed by atoms with Crippen molar-refractivity contribution in [1.82, 2.24) is 0 Å². The fraction of sp³-hybridized carbons (Fsp3) is 0.0588. The Hall–Kier alpha value is -1.85. The van der Waals surface area contributed by atoms with Crippen LogP contribution in [0.15, 0.2) is 76.1 Å². The molecule has 0 radical (unpaired) electrons. The molecular formula is C17H14BrNO2S. The summed E-state index contributed by atoms with van der Waals surface area (Å²) in [5, 5.41) is 1.63. The molecule has 0 heterocycles. The Morgan fingerprint density at radius 3 is 2.27 bits per heavy atom. The van der Waals surface area contributed by atoms with Gasteiger partial charge in [-0.05, 0) is 39.5 Å². The van der Waals surface area contributed by atoms with E-state index in [1.807, 2.05) is 48.5 Å². The molecule has 3 nitrogen and oxygen atoms in total. The molecule has 3 aromatic rings. The maximum Gasteiger partial charge on any atom is 0.264 e. The Kier molecular flexibility index (Phi) is 3.93. The van der Waals surface area contributed by atoms with Crippen LogP contribution in [0.5, 0.6) is 0 Å². The zero-order valence-corrected chi connectivity index (χ0v) is 14.3. The number of halogens is 1. The number of fused-ring (bicyclic) bond motifs is 1. The van der Waals surface area contributed by atoms with Gasteiger partial charge in [0.15, 0.2) is 0 Å². The minimum Gasteiger partial charge on any atom is -0.268 e. The third-order valence-corrected chi connectivity index (χ3v) is 6.08. The first-order valence-electron chi connectivity index (χ1n) is 6.73. The van der Waals surface area contributed by atoms with Crippen molar-refractivity contribution in [2.75, 3.05) is 11.4 Å². The second-order valence-electron chi connectivity index (χ2n) is 4.90. The van der Waals surface area contributed by atoms with Gasteiger partial charge in [0.05, 0.1) is 10.6 Å². The van der Waals surface area contributed by atoms with Crippen LogP contribution in [-0.2, 0) is 10.0 Å². The highest BCUT2D eigenvalue weighted by atomic mass is 79.9. The molecule has 0 aliphatic heterocycles. The summed E-state index contributed by atoms with van der Waals surface area (Å²) < 4.78 is 28.0. The van der Waals surface area contributed by atoms with Crippen LogP contribution in [0.3, 0.4) is 0 Å². The van der Waals surface area contributed by atoms with Gasteiger partial charge in [0.25, 0.3) is 10.0 Å². The molecule has 0 aliphatic rings. The smallest absolute Gasteiger partial charge is 0.264 e. The van der Waals surface area contributed by atoms with Crippen LogP contribution in [0.1, 0.15) is 0 Å². The predicted molar refractivity (Wildman–Crippen MR) is 93.7 cm³/mol. The van der Waals surface area contributed by atoms with E-state index in [0.29, 0.717) is 10.6 Å². The van der Waals surface area contributed by atoms with Crippen LogP contribution in [0.4, 0.5) is 5.69 Å². The van der Waals surface area contributed by atoms with Crippen molar-refractivity contribution < 1.29 is 8.42 Å².